The van der Waals surface area contributed by atoms with Crippen LogP contribution < -0.4 is 14.8 Å². The Labute approximate surface area is 195 Å². The van der Waals surface area contributed by atoms with Gasteiger partial charge in [-0.05, 0) is 49.1 Å². The number of ether oxygens (including phenoxy) is 2. The lowest BCUT2D eigenvalue weighted by atomic mass is 10.1. The average Bonchev–Trinajstić information content (AvgIpc) is 2.74. The fraction of sp³-hybridized carbons (Fsp3) is 0.435. The second kappa shape index (κ2) is 11.0. The first-order valence-electron chi connectivity index (χ1n) is 10.3. The van der Waals surface area contributed by atoms with E-state index >= 15 is 0 Å². The van der Waals surface area contributed by atoms with Crippen molar-refractivity contribution in [2.75, 3.05) is 27.8 Å². The summed E-state index contributed by atoms with van der Waals surface area (Å²) in [5.41, 5.74) is 1.10. The van der Waals surface area contributed by atoms with Gasteiger partial charge in [-0.3, -0.25) is 4.79 Å². The van der Waals surface area contributed by atoms with E-state index in [0.29, 0.717) is 34.6 Å². The van der Waals surface area contributed by atoms with Crippen molar-refractivity contribution < 1.29 is 22.7 Å². The number of carbonyl (C=O) groups excluding carboxylic acids is 1. The molecular formula is C23H31ClN2O5S. The van der Waals surface area contributed by atoms with Gasteiger partial charge in [0, 0.05) is 19.7 Å². The lowest BCUT2D eigenvalue weighted by Gasteiger charge is -2.18. The molecule has 0 aliphatic heterocycles. The first-order valence-corrected chi connectivity index (χ1v) is 12.1. The number of rotatable bonds is 10. The third-order valence-electron chi connectivity index (χ3n) is 4.94. The standard InChI is InChI=1S/C23H31ClN2O5S/c1-15(2)11-12-31-22-20(24)13-18(14-21(22)30-6)23(27)25-16(3)17-7-9-19(10-8-17)32(28,29)26(4)5/h7-10,13-16H,11-12H2,1-6H3,(H,25,27). The molecule has 1 atom stereocenters. The van der Waals surface area contributed by atoms with Crippen molar-refractivity contribution in [3.63, 3.8) is 0 Å². The second-order valence-electron chi connectivity index (χ2n) is 8.07. The first-order chi connectivity index (χ1) is 15.0. The van der Waals surface area contributed by atoms with Crippen molar-refractivity contribution >= 4 is 27.5 Å². The molecule has 2 rings (SSSR count). The minimum Gasteiger partial charge on any atom is -0.493 e. The van der Waals surface area contributed by atoms with Crippen LogP contribution in [0.25, 0.3) is 0 Å². The Bertz CT molecular complexity index is 1040. The maximum atomic E-state index is 12.8. The van der Waals surface area contributed by atoms with Gasteiger partial charge in [-0.2, -0.15) is 0 Å². The minimum atomic E-state index is -3.51. The lowest BCUT2D eigenvalue weighted by Crippen LogP contribution is -2.27. The Hall–Kier alpha value is -2.29. The van der Waals surface area contributed by atoms with E-state index in [2.05, 4.69) is 19.2 Å². The summed E-state index contributed by atoms with van der Waals surface area (Å²) in [7, 11) is 0.943. The first kappa shape index (κ1) is 26.0. The molecule has 0 aliphatic carbocycles. The van der Waals surface area contributed by atoms with Gasteiger partial charge < -0.3 is 14.8 Å². The van der Waals surface area contributed by atoms with Crippen LogP contribution in [0.4, 0.5) is 0 Å². The van der Waals surface area contributed by atoms with E-state index in [1.807, 2.05) is 6.92 Å². The fourth-order valence-corrected chi connectivity index (χ4v) is 4.06. The molecule has 0 aromatic heterocycles. The molecule has 0 fully saturated rings. The number of nitrogens with zero attached hydrogens (tertiary/aromatic N) is 1. The summed E-state index contributed by atoms with van der Waals surface area (Å²) in [5, 5.41) is 3.19. The summed E-state index contributed by atoms with van der Waals surface area (Å²) in [4.78, 5) is 13.0. The zero-order valence-corrected chi connectivity index (χ0v) is 20.9. The number of hydrogen-bond donors (Lipinski definition) is 1. The van der Waals surface area contributed by atoms with Crippen molar-refractivity contribution in [2.24, 2.45) is 5.92 Å². The number of methoxy groups -OCH3 is 1. The van der Waals surface area contributed by atoms with Gasteiger partial charge in [-0.15, -0.1) is 0 Å². The summed E-state index contributed by atoms with van der Waals surface area (Å²) in [6, 6.07) is 9.19. The number of amides is 1. The Morgan fingerprint density at radius 3 is 2.28 bits per heavy atom. The Morgan fingerprint density at radius 1 is 1.12 bits per heavy atom. The zero-order valence-electron chi connectivity index (χ0n) is 19.3. The highest BCUT2D eigenvalue weighted by molar-refractivity contribution is 7.89. The molecule has 1 amide bonds. The van der Waals surface area contributed by atoms with Crippen LogP contribution >= 0.6 is 11.6 Å². The molecule has 9 heteroatoms. The molecule has 0 heterocycles. The quantitative estimate of drug-likeness (QED) is 0.538. The van der Waals surface area contributed by atoms with Crippen LogP contribution in [-0.2, 0) is 10.0 Å². The van der Waals surface area contributed by atoms with Crippen molar-refractivity contribution in [1.82, 2.24) is 9.62 Å². The Balaban J connectivity index is 2.15. The molecule has 32 heavy (non-hydrogen) atoms. The number of benzene rings is 2. The van der Waals surface area contributed by atoms with Gasteiger partial charge in [0.05, 0.1) is 29.7 Å². The third-order valence-corrected chi connectivity index (χ3v) is 7.05. The van der Waals surface area contributed by atoms with Crippen molar-refractivity contribution in [2.45, 2.75) is 38.1 Å². The number of sulfonamides is 1. The summed E-state index contributed by atoms with van der Waals surface area (Å²) >= 11 is 6.37. The number of nitrogens with one attached hydrogen (secondary N) is 1. The molecule has 2 aromatic rings. The van der Waals surface area contributed by atoms with Gasteiger partial charge in [0.2, 0.25) is 10.0 Å². The van der Waals surface area contributed by atoms with E-state index in [1.165, 1.54) is 33.3 Å². The molecule has 7 nitrogen and oxygen atoms in total. The molecule has 0 aliphatic rings. The normalized spacial score (nSPS) is 12.7. The Morgan fingerprint density at radius 2 is 1.75 bits per heavy atom. The number of carbonyl (C=O) groups is 1. The van der Waals surface area contributed by atoms with Crippen LogP contribution in [0, 0.1) is 5.92 Å². The van der Waals surface area contributed by atoms with Crippen LogP contribution in [-0.4, -0.2) is 46.4 Å². The van der Waals surface area contributed by atoms with Crippen LogP contribution in [0.1, 0.15) is 49.2 Å². The molecule has 0 saturated carbocycles. The average molecular weight is 483 g/mol. The maximum absolute atomic E-state index is 12.8. The van der Waals surface area contributed by atoms with Crippen LogP contribution in [0.15, 0.2) is 41.3 Å². The lowest BCUT2D eigenvalue weighted by molar-refractivity contribution is 0.0939. The topological polar surface area (TPSA) is 84.9 Å². The molecule has 0 saturated heterocycles. The zero-order chi connectivity index (χ0) is 24.1. The highest BCUT2D eigenvalue weighted by Crippen LogP contribution is 2.36. The highest BCUT2D eigenvalue weighted by Gasteiger charge is 2.20. The minimum absolute atomic E-state index is 0.189. The summed E-state index contributed by atoms with van der Waals surface area (Å²) in [6.45, 7) is 6.52. The predicted octanol–water partition coefficient (Wildman–Crippen LogP) is 4.51. The van der Waals surface area contributed by atoms with E-state index < -0.39 is 10.0 Å². The molecule has 0 bridgehead atoms. The van der Waals surface area contributed by atoms with Gasteiger partial charge in [-0.1, -0.05) is 37.6 Å². The molecule has 1 unspecified atom stereocenters. The molecule has 1 N–H and O–H groups in total. The van der Waals surface area contributed by atoms with E-state index in [0.717, 1.165) is 16.3 Å². The summed E-state index contributed by atoms with van der Waals surface area (Å²) in [5.74, 6) is 0.953. The number of hydrogen-bond acceptors (Lipinski definition) is 5. The van der Waals surface area contributed by atoms with E-state index in [-0.39, 0.29) is 16.8 Å². The molecule has 2 aromatic carbocycles. The van der Waals surface area contributed by atoms with E-state index in [4.69, 9.17) is 21.1 Å². The second-order valence-corrected chi connectivity index (χ2v) is 10.6. The Kier molecular flexibility index (Phi) is 8.95. The van der Waals surface area contributed by atoms with Gasteiger partial charge in [0.25, 0.3) is 5.91 Å². The number of halogens is 1. The van der Waals surface area contributed by atoms with Gasteiger partial charge in [0.15, 0.2) is 11.5 Å². The molecule has 176 valence electrons. The van der Waals surface area contributed by atoms with Crippen molar-refractivity contribution in [3.05, 3.63) is 52.5 Å². The van der Waals surface area contributed by atoms with Crippen LogP contribution in [0.5, 0.6) is 11.5 Å². The smallest absolute Gasteiger partial charge is 0.251 e. The largest absolute Gasteiger partial charge is 0.493 e. The molecular weight excluding hydrogens is 452 g/mol. The van der Waals surface area contributed by atoms with Gasteiger partial charge >= 0.3 is 0 Å². The SMILES string of the molecule is COc1cc(C(=O)NC(C)c2ccc(S(=O)(=O)N(C)C)cc2)cc(Cl)c1OCCC(C)C. The van der Waals surface area contributed by atoms with E-state index in [9.17, 15) is 13.2 Å². The summed E-state index contributed by atoms with van der Waals surface area (Å²) < 4.78 is 36.7. The highest BCUT2D eigenvalue weighted by atomic mass is 35.5. The van der Waals surface area contributed by atoms with Crippen LogP contribution in [0.2, 0.25) is 5.02 Å². The van der Waals surface area contributed by atoms with Gasteiger partial charge in [-0.25, -0.2) is 12.7 Å². The van der Waals surface area contributed by atoms with Gasteiger partial charge in [0.1, 0.15) is 0 Å². The predicted molar refractivity (Wildman–Crippen MR) is 126 cm³/mol. The molecule has 0 spiro atoms. The van der Waals surface area contributed by atoms with Crippen molar-refractivity contribution in [1.29, 1.82) is 0 Å². The molecule has 0 radical (unpaired) electrons. The monoisotopic (exact) mass is 482 g/mol. The fourth-order valence-electron chi connectivity index (χ4n) is 2.89. The summed E-state index contributed by atoms with van der Waals surface area (Å²) in [6.07, 6.45) is 0.869. The van der Waals surface area contributed by atoms with E-state index in [1.54, 1.807) is 24.3 Å². The maximum Gasteiger partial charge on any atom is 0.251 e. The van der Waals surface area contributed by atoms with Crippen LogP contribution in [0.3, 0.4) is 0 Å². The van der Waals surface area contributed by atoms with Crippen molar-refractivity contribution in [3.8, 4) is 11.5 Å². The third kappa shape index (κ3) is 6.37.